The van der Waals surface area contributed by atoms with Gasteiger partial charge in [-0.1, -0.05) is 23.8 Å². The number of alkyl halides is 3. The molecule has 0 bridgehead atoms. The zero-order chi connectivity index (χ0) is 17.8. The van der Waals surface area contributed by atoms with Crippen LogP contribution < -0.4 is 4.57 Å². The molecule has 0 unspecified atom stereocenters. The lowest BCUT2D eigenvalue weighted by atomic mass is 10.1. The first-order valence-corrected chi connectivity index (χ1v) is 7.91. The van der Waals surface area contributed by atoms with Gasteiger partial charge in [0.2, 0.25) is 0 Å². The fraction of sp³-hybridized carbons (Fsp3) is 0.267. The lowest BCUT2D eigenvalue weighted by Gasteiger charge is -2.14. The maximum Gasteiger partial charge on any atom is 0.637 e. The predicted molar refractivity (Wildman–Crippen MR) is 76.6 cm³/mol. The van der Waals surface area contributed by atoms with E-state index in [1.165, 1.54) is 18.2 Å². The van der Waals surface area contributed by atoms with Gasteiger partial charge in [-0.2, -0.15) is 0 Å². The van der Waals surface area contributed by atoms with Crippen LogP contribution in [0.25, 0.3) is 0 Å². The van der Waals surface area contributed by atoms with Crippen molar-refractivity contribution in [3.63, 3.8) is 0 Å². The molecule has 0 atom stereocenters. The van der Waals surface area contributed by atoms with Gasteiger partial charge in [0.1, 0.15) is 10.1 Å². The van der Waals surface area contributed by atoms with Crippen LogP contribution in [0.4, 0.5) is 13.2 Å². The third kappa shape index (κ3) is 5.65. The molecule has 0 N–H and O–H groups in total. The minimum Gasteiger partial charge on any atom is -0.744 e. The number of pyridine rings is 1. The van der Waals surface area contributed by atoms with E-state index in [0.29, 0.717) is 11.1 Å². The molecular weight excluding hydrogens is 331 g/mol. The molecule has 0 spiro atoms. The summed E-state index contributed by atoms with van der Waals surface area (Å²) in [5.74, 6) is 0. The van der Waals surface area contributed by atoms with Gasteiger partial charge in [0, 0.05) is 12.1 Å². The highest BCUT2D eigenvalue weighted by Crippen LogP contribution is 2.20. The summed E-state index contributed by atoms with van der Waals surface area (Å²) in [5, 5.41) is 0. The largest absolute Gasteiger partial charge is 0.744 e. The van der Waals surface area contributed by atoms with Crippen LogP contribution in [-0.2, 0) is 16.4 Å². The van der Waals surface area contributed by atoms with E-state index >= 15 is 0 Å². The molecule has 8 heteroatoms. The summed E-state index contributed by atoms with van der Waals surface area (Å²) < 4.78 is 67.9. The summed E-state index contributed by atoms with van der Waals surface area (Å²) in [6, 6.07) is 7.57. The topological polar surface area (TPSA) is 61.1 Å². The first-order valence-electron chi connectivity index (χ1n) is 6.50. The molecule has 0 aliphatic heterocycles. The van der Waals surface area contributed by atoms with E-state index < -0.39 is 16.4 Å². The van der Waals surface area contributed by atoms with Crippen molar-refractivity contribution in [3.05, 3.63) is 59.4 Å². The van der Waals surface area contributed by atoms with Crippen molar-refractivity contribution < 1.29 is 30.7 Å². The maximum absolute atomic E-state index is 11.8. The summed E-state index contributed by atoms with van der Waals surface area (Å²) in [6.45, 7) is 5.12. The van der Waals surface area contributed by atoms with Gasteiger partial charge in [-0.15, -0.1) is 17.7 Å². The van der Waals surface area contributed by atoms with Crippen LogP contribution in [0, 0.1) is 20.8 Å². The molecule has 0 amide bonds. The summed E-state index contributed by atoms with van der Waals surface area (Å²) in [5.41, 5.74) is 2.00. The number of aryl methyl sites for hydroxylation is 3. The molecule has 0 aliphatic rings. The average molecular weight is 347 g/mol. The number of aromatic nitrogens is 1. The molecule has 2 aromatic rings. The van der Waals surface area contributed by atoms with E-state index in [2.05, 4.69) is 0 Å². The van der Waals surface area contributed by atoms with Crippen LogP contribution in [0.1, 0.15) is 16.7 Å². The molecule has 126 valence electrons. The van der Waals surface area contributed by atoms with Crippen molar-refractivity contribution in [3.8, 4) is 0 Å². The number of hydrogen-bond donors (Lipinski definition) is 0. The first kappa shape index (κ1) is 19.1. The molecule has 0 radical (unpaired) electrons. The highest BCUT2D eigenvalue weighted by Gasteiger charge is 2.40. The molecule has 0 saturated heterocycles. The second kappa shape index (κ2) is 7.10. The third-order valence-corrected chi connectivity index (χ3v) is 4.01. The van der Waals surface area contributed by atoms with E-state index in [4.69, 9.17) is 0 Å². The van der Waals surface area contributed by atoms with Crippen LogP contribution in [0.2, 0.25) is 0 Å². The Morgan fingerprint density at radius 2 is 1.39 bits per heavy atom. The maximum atomic E-state index is 11.8. The van der Waals surface area contributed by atoms with E-state index in [-0.39, 0.29) is 9.46 Å². The fourth-order valence-electron chi connectivity index (χ4n) is 2.13. The highest BCUT2D eigenvalue weighted by molar-refractivity contribution is 7.85. The SMILES string of the molecule is Cc1cc(C)c(S(=O)(=O)[O-])c(C)c1.FC(F)(F)[n+]1ccccc1. The summed E-state index contributed by atoms with van der Waals surface area (Å²) in [7, 11) is -4.33. The third-order valence-electron chi connectivity index (χ3n) is 2.86. The van der Waals surface area contributed by atoms with E-state index in [1.807, 2.05) is 6.92 Å². The zero-order valence-electron chi connectivity index (χ0n) is 12.8. The molecule has 1 aromatic heterocycles. The van der Waals surface area contributed by atoms with Gasteiger partial charge >= 0.3 is 6.30 Å². The van der Waals surface area contributed by atoms with Crippen LogP contribution >= 0.6 is 0 Å². The summed E-state index contributed by atoms with van der Waals surface area (Å²) in [6.07, 6.45) is -2.37. The average Bonchev–Trinajstić information content (AvgIpc) is 2.36. The predicted octanol–water partition coefficient (Wildman–Crippen LogP) is 2.97. The Hall–Kier alpha value is -1.93. The Kier molecular flexibility index (Phi) is 5.90. The van der Waals surface area contributed by atoms with Gasteiger partial charge in [-0.3, -0.25) is 0 Å². The quantitative estimate of drug-likeness (QED) is 0.589. The van der Waals surface area contributed by atoms with Gasteiger partial charge in [0.15, 0.2) is 12.4 Å². The second-order valence-electron chi connectivity index (χ2n) is 4.93. The number of benzene rings is 1. The molecule has 1 aromatic carbocycles. The van der Waals surface area contributed by atoms with Gasteiger partial charge in [-0.25, -0.2) is 8.42 Å². The summed E-state index contributed by atoms with van der Waals surface area (Å²) in [4.78, 5) is -0.0851. The summed E-state index contributed by atoms with van der Waals surface area (Å²) >= 11 is 0. The molecule has 0 fully saturated rings. The monoisotopic (exact) mass is 347 g/mol. The zero-order valence-corrected chi connectivity index (χ0v) is 13.6. The first-order chi connectivity index (χ1) is 10.4. The minimum atomic E-state index is -4.33. The number of rotatable bonds is 1. The van der Waals surface area contributed by atoms with Crippen molar-refractivity contribution in [2.75, 3.05) is 0 Å². The van der Waals surface area contributed by atoms with Gasteiger partial charge in [0.05, 0.1) is 4.90 Å². The van der Waals surface area contributed by atoms with Crippen molar-refractivity contribution in [1.29, 1.82) is 0 Å². The van der Waals surface area contributed by atoms with Crippen molar-refractivity contribution in [2.24, 2.45) is 0 Å². The molecule has 23 heavy (non-hydrogen) atoms. The highest BCUT2D eigenvalue weighted by atomic mass is 32.2. The van der Waals surface area contributed by atoms with Gasteiger partial charge in [0.25, 0.3) is 0 Å². The number of hydrogen-bond acceptors (Lipinski definition) is 3. The molecule has 2 rings (SSSR count). The Morgan fingerprint density at radius 3 is 1.70 bits per heavy atom. The van der Waals surface area contributed by atoms with Crippen LogP contribution in [0.15, 0.2) is 47.6 Å². The molecule has 4 nitrogen and oxygen atoms in total. The second-order valence-corrected chi connectivity index (χ2v) is 6.25. The van der Waals surface area contributed by atoms with E-state index in [1.54, 1.807) is 26.0 Å². The molecule has 0 saturated carbocycles. The van der Waals surface area contributed by atoms with Crippen molar-refractivity contribution >= 4 is 10.1 Å². The van der Waals surface area contributed by atoms with E-state index in [0.717, 1.165) is 18.0 Å². The Bertz CT molecular complexity index is 749. The molecule has 0 aliphatic carbocycles. The number of nitrogens with zero attached hydrogens (tertiary/aromatic N) is 1. The smallest absolute Gasteiger partial charge is 0.637 e. The van der Waals surface area contributed by atoms with Gasteiger partial charge < -0.3 is 4.55 Å². The molecule has 1 heterocycles. The van der Waals surface area contributed by atoms with E-state index in [9.17, 15) is 26.1 Å². The lowest BCUT2D eigenvalue weighted by Crippen LogP contribution is -2.46. The number of halogens is 3. The van der Waals surface area contributed by atoms with Crippen LogP contribution in [-0.4, -0.2) is 13.0 Å². The van der Waals surface area contributed by atoms with Gasteiger partial charge in [-0.05, 0) is 31.9 Å². The standard InChI is InChI=1S/C9H12O3S.C6H5F3N/c1-6-4-7(2)9(8(3)5-6)13(10,11)12;7-6(8,9)10-4-2-1-3-5-10/h4-5H,1-3H3,(H,10,11,12);1-5H/q;+1/p-1. The minimum absolute atomic E-state index is 0.0851. The van der Waals surface area contributed by atoms with Crippen molar-refractivity contribution in [2.45, 2.75) is 32.0 Å². The van der Waals surface area contributed by atoms with Crippen molar-refractivity contribution in [1.82, 2.24) is 0 Å². The Labute approximate surface area is 133 Å². The Balaban J connectivity index is 0.000000238. The lowest BCUT2D eigenvalue weighted by molar-refractivity contribution is -0.854. The fourth-order valence-corrected chi connectivity index (χ4v) is 3.04. The Morgan fingerprint density at radius 1 is 0.957 bits per heavy atom. The molecular formula is C15H16F3NO3S. The van der Waals surface area contributed by atoms with Crippen LogP contribution in [0.3, 0.4) is 0 Å². The van der Waals surface area contributed by atoms with Crippen LogP contribution in [0.5, 0.6) is 0 Å². The normalized spacial score (nSPS) is 11.6.